The minimum Gasteiger partial charge on any atom is -0.318 e. The molecule has 1 heterocycles. The van der Waals surface area contributed by atoms with Gasteiger partial charge in [0, 0.05) is 19.3 Å². The van der Waals surface area contributed by atoms with Gasteiger partial charge in [-0.2, -0.15) is 0 Å². The lowest BCUT2D eigenvalue weighted by Gasteiger charge is -2.06. The second-order valence-corrected chi connectivity index (χ2v) is 4.66. The second-order valence-electron chi connectivity index (χ2n) is 4.66. The number of benzene rings is 1. The summed E-state index contributed by atoms with van der Waals surface area (Å²) in [4.78, 5) is 11.3. The third kappa shape index (κ3) is 2.84. The molecule has 0 aliphatic rings. The van der Waals surface area contributed by atoms with Crippen molar-refractivity contribution in [2.75, 3.05) is 0 Å². The van der Waals surface area contributed by atoms with Gasteiger partial charge >= 0.3 is 0 Å². The predicted octanol–water partition coefficient (Wildman–Crippen LogP) is 2.59. The Morgan fingerprint density at radius 1 is 1.00 bits per heavy atom. The molecular weight excluding hydrogens is 210 g/mol. The molecule has 1 aromatic heterocycles. The first kappa shape index (κ1) is 11.6. The Hall–Kier alpha value is -1.83. The molecule has 2 nitrogen and oxygen atoms in total. The molecule has 0 atom stereocenters. The summed E-state index contributed by atoms with van der Waals surface area (Å²) in [7, 11) is 1.79. The number of aromatic nitrogens is 1. The molecule has 0 spiro atoms. The van der Waals surface area contributed by atoms with Crippen molar-refractivity contribution < 1.29 is 0 Å². The fraction of sp³-hybridized carbons (Fsp3) is 0.267. The Morgan fingerprint density at radius 3 is 2.24 bits per heavy atom. The summed E-state index contributed by atoms with van der Waals surface area (Å²) in [5, 5.41) is 0. The third-order valence-electron chi connectivity index (χ3n) is 2.84. The maximum atomic E-state index is 11.3. The van der Waals surface area contributed by atoms with E-state index < -0.39 is 0 Å². The van der Waals surface area contributed by atoms with Gasteiger partial charge in [-0.1, -0.05) is 35.4 Å². The molecule has 0 radical (unpaired) electrons. The maximum Gasteiger partial charge on any atom is 0.250 e. The number of rotatable bonds is 2. The molecule has 17 heavy (non-hydrogen) atoms. The molecule has 0 aliphatic carbocycles. The Kier molecular flexibility index (Phi) is 3.14. The molecule has 2 aromatic rings. The minimum atomic E-state index is 0.0363. The smallest absolute Gasteiger partial charge is 0.250 e. The standard InChI is InChI=1S/C15H17NO/c1-11-6-12(2)8-14(7-11)9-13-4-5-15(17)16(3)10-13/h4-8,10H,9H2,1-3H3. The number of hydrogen-bond donors (Lipinski definition) is 0. The first-order chi connectivity index (χ1) is 8.04. The van der Waals surface area contributed by atoms with Gasteiger partial charge in [-0.25, -0.2) is 0 Å². The van der Waals surface area contributed by atoms with Gasteiger partial charge in [-0.15, -0.1) is 0 Å². The van der Waals surface area contributed by atoms with Crippen LogP contribution in [-0.4, -0.2) is 4.57 Å². The van der Waals surface area contributed by atoms with Crippen molar-refractivity contribution in [2.24, 2.45) is 7.05 Å². The molecule has 0 saturated carbocycles. The lowest BCUT2D eigenvalue weighted by Crippen LogP contribution is -2.14. The summed E-state index contributed by atoms with van der Waals surface area (Å²) in [5.74, 6) is 0. The Bertz CT molecular complexity index is 576. The van der Waals surface area contributed by atoms with Crippen LogP contribution in [0.2, 0.25) is 0 Å². The van der Waals surface area contributed by atoms with Gasteiger partial charge < -0.3 is 4.57 Å². The van der Waals surface area contributed by atoms with Gasteiger partial charge in [0.1, 0.15) is 0 Å². The average Bonchev–Trinajstić information content (AvgIpc) is 2.22. The number of aryl methyl sites for hydroxylation is 3. The van der Waals surface area contributed by atoms with Gasteiger partial charge in [0.05, 0.1) is 0 Å². The summed E-state index contributed by atoms with van der Waals surface area (Å²) in [6, 6.07) is 10.1. The zero-order valence-corrected chi connectivity index (χ0v) is 10.5. The van der Waals surface area contributed by atoms with Crippen molar-refractivity contribution in [3.05, 3.63) is 69.1 Å². The van der Waals surface area contributed by atoms with E-state index in [1.165, 1.54) is 16.7 Å². The van der Waals surface area contributed by atoms with Crippen molar-refractivity contribution in [1.82, 2.24) is 4.57 Å². The van der Waals surface area contributed by atoms with Crippen molar-refractivity contribution in [3.8, 4) is 0 Å². The summed E-state index contributed by atoms with van der Waals surface area (Å²) < 4.78 is 1.62. The highest BCUT2D eigenvalue weighted by Gasteiger charge is 2.00. The summed E-state index contributed by atoms with van der Waals surface area (Å²) >= 11 is 0. The molecule has 0 unspecified atom stereocenters. The van der Waals surface area contributed by atoms with Crippen LogP contribution in [0.1, 0.15) is 22.3 Å². The van der Waals surface area contributed by atoms with E-state index in [0.29, 0.717) is 0 Å². The highest BCUT2D eigenvalue weighted by molar-refractivity contribution is 5.32. The van der Waals surface area contributed by atoms with E-state index in [-0.39, 0.29) is 5.56 Å². The van der Waals surface area contributed by atoms with Crippen molar-refractivity contribution in [2.45, 2.75) is 20.3 Å². The Morgan fingerprint density at radius 2 is 1.65 bits per heavy atom. The van der Waals surface area contributed by atoms with Crippen LogP contribution in [0.3, 0.4) is 0 Å². The van der Waals surface area contributed by atoms with Gasteiger partial charge in [0.2, 0.25) is 5.56 Å². The first-order valence-corrected chi connectivity index (χ1v) is 5.77. The SMILES string of the molecule is Cc1cc(C)cc(Cc2ccc(=O)n(C)c2)c1. The number of pyridine rings is 1. The summed E-state index contributed by atoms with van der Waals surface area (Å²) in [6.07, 6.45) is 2.77. The van der Waals surface area contributed by atoms with Crippen LogP contribution in [-0.2, 0) is 13.5 Å². The number of nitrogens with zero attached hydrogens (tertiary/aromatic N) is 1. The molecule has 88 valence electrons. The molecule has 0 N–H and O–H groups in total. The van der Waals surface area contributed by atoms with Gasteiger partial charge in [-0.05, 0) is 31.4 Å². The molecule has 0 saturated heterocycles. The Labute approximate surface area is 102 Å². The van der Waals surface area contributed by atoms with E-state index in [0.717, 1.165) is 12.0 Å². The van der Waals surface area contributed by atoms with E-state index in [2.05, 4.69) is 32.0 Å². The first-order valence-electron chi connectivity index (χ1n) is 5.77. The normalized spacial score (nSPS) is 10.5. The molecule has 0 aliphatic heterocycles. The molecule has 2 rings (SSSR count). The van der Waals surface area contributed by atoms with Crippen LogP contribution in [0.25, 0.3) is 0 Å². The van der Waals surface area contributed by atoms with E-state index in [1.807, 2.05) is 12.3 Å². The van der Waals surface area contributed by atoms with E-state index in [9.17, 15) is 4.79 Å². The lowest BCUT2D eigenvalue weighted by molar-refractivity contribution is 0.845. The second kappa shape index (κ2) is 4.58. The van der Waals surface area contributed by atoms with Crippen molar-refractivity contribution >= 4 is 0 Å². The zero-order chi connectivity index (χ0) is 12.4. The molecule has 2 heteroatoms. The molecule has 0 fully saturated rings. The van der Waals surface area contributed by atoms with E-state index in [1.54, 1.807) is 17.7 Å². The van der Waals surface area contributed by atoms with Crippen LogP contribution >= 0.6 is 0 Å². The maximum absolute atomic E-state index is 11.3. The van der Waals surface area contributed by atoms with Crippen LogP contribution in [0.4, 0.5) is 0 Å². The minimum absolute atomic E-state index is 0.0363. The van der Waals surface area contributed by atoms with Crippen molar-refractivity contribution in [3.63, 3.8) is 0 Å². The zero-order valence-electron chi connectivity index (χ0n) is 10.5. The Balaban J connectivity index is 2.31. The van der Waals surface area contributed by atoms with Crippen LogP contribution in [0.15, 0.2) is 41.3 Å². The van der Waals surface area contributed by atoms with Gasteiger partial charge in [-0.3, -0.25) is 4.79 Å². The largest absolute Gasteiger partial charge is 0.318 e. The highest BCUT2D eigenvalue weighted by Crippen LogP contribution is 2.12. The van der Waals surface area contributed by atoms with Gasteiger partial charge in [0.15, 0.2) is 0 Å². The van der Waals surface area contributed by atoms with E-state index in [4.69, 9.17) is 0 Å². The predicted molar refractivity (Wildman–Crippen MR) is 70.4 cm³/mol. The van der Waals surface area contributed by atoms with Crippen LogP contribution in [0, 0.1) is 13.8 Å². The van der Waals surface area contributed by atoms with Crippen LogP contribution in [0.5, 0.6) is 0 Å². The quantitative estimate of drug-likeness (QED) is 0.773. The third-order valence-corrected chi connectivity index (χ3v) is 2.84. The summed E-state index contributed by atoms with van der Waals surface area (Å²) in [6.45, 7) is 4.22. The summed E-state index contributed by atoms with van der Waals surface area (Å²) in [5.41, 5.74) is 5.06. The molecular formula is C15H17NO. The lowest BCUT2D eigenvalue weighted by atomic mass is 10.0. The molecule has 0 bridgehead atoms. The molecule has 1 aromatic carbocycles. The monoisotopic (exact) mass is 227 g/mol. The highest BCUT2D eigenvalue weighted by atomic mass is 16.1. The van der Waals surface area contributed by atoms with Gasteiger partial charge in [0.25, 0.3) is 0 Å². The van der Waals surface area contributed by atoms with Crippen molar-refractivity contribution in [1.29, 1.82) is 0 Å². The molecule has 0 amide bonds. The van der Waals surface area contributed by atoms with Crippen LogP contribution < -0.4 is 5.56 Å². The fourth-order valence-corrected chi connectivity index (χ4v) is 2.16. The fourth-order valence-electron chi connectivity index (χ4n) is 2.16. The number of hydrogen-bond acceptors (Lipinski definition) is 1. The average molecular weight is 227 g/mol. The topological polar surface area (TPSA) is 22.0 Å². The van der Waals surface area contributed by atoms with E-state index >= 15 is 0 Å².